The van der Waals surface area contributed by atoms with Gasteiger partial charge in [-0.1, -0.05) is 38.0 Å². The third-order valence-electron chi connectivity index (χ3n) is 3.90. The summed E-state index contributed by atoms with van der Waals surface area (Å²) in [5, 5.41) is 9.51. The average molecular weight is 213 g/mol. The van der Waals surface area contributed by atoms with Crippen molar-refractivity contribution in [3.63, 3.8) is 0 Å². The molecule has 0 N–H and O–H groups in total. The molecule has 1 aromatic rings. The normalized spacial score (nSPS) is 18.3. The van der Waals surface area contributed by atoms with Crippen molar-refractivity contribution in [1.82, 2.24) is 0 Å². The van der Waals surface area contributed by atoms with Gasteiger partial charge in [-0.15, -0.1) is 0 Å². The van der Waals surface area contributed by atoms with Crippen LogP contribution in [-0.4, -0.2) is 0 Å². The molecule has 16 heavy (non-hydrogen) atoms. The molecule has 0 bridgehead atoms. The van der Waals surface area contributed by atoms with Gasteiger partial charge in [0.15, 0.2) is 0 Å². The second kappa shape index (κ2) is 4.29. The predicted octanol–water partition coefficient (Wildman–Crippen LogP) is 3.89. The largest absolute Gasteiger partial charge is 0.197 e. The molecule has 84 valence electrons. The van der Waals surface area contributed by atoms with Gasteiger partial charge in [-0.2, -0.15) is 5.26 Å². The van der Waals surface area contributed by atoms with Crippen LogP contribution in [0.4, 0.5) is 0 Å². The molecular formula is C15H19N. The van der Waals surface area contributed by atoms with Gasteiger partial charge in [-0.25, -0.2) is 0 Å². The molecule has 1 heteroatoms. The molecule has 1 saturated carbocycles. The van der Waals surface area contributed by atoms with Crippen LogP contribution in [0, 0.1) is 18.3 Å². The number of rotatable bonds is 2. The zero-order valence-corrected chi connectivity index (χ0v) is 10.2. The molecule has 0 unspecified atom stereocenters. The number of nitrogens with zero attached hydrogens (tertiary/aromatic N) is 1. The summed E-state index contributed by atoms with van der Waals surface area (Å²) in [5.41, 5.74) is 3.73. The van der Waals surface area contributed by atoms with Crippen LogP contribution in [-0.2, 0) is 11.8 Å². The lowest BCUT2D eigenvalue weighted by Gasteiger charge is -2.23. The van der Waals surface area contributed by atoms with Crippen molar-refractivity contribution in [2.75, 3.05) is 0 Å². The molecular weight excluding hydrogens is 194 g/mol. The molecule has 0 atom stereocenters. The van der Waals surface area contributed by atoms with Crippen molar-refractivity contribution in [3.8, 4) is 6.07 Å². The summed E-state index contributed by atoms with van der Waals surface area (Å²) in [4.78, 5) is 0. The van der Waals surface area contributed by atoms with Gasteiger partial charge in [-0.05, 0) is 42.9 Å². The van der Waals surface area contributed by atoms with E-state index in [9.17, 15) is 5.26 Å². The number of hydrogen-bond acceptors (Lipinski definition) is 1. The number of aryl methyl sites for hydroxylation is 2. The fourth-order valence-corrected chi connectivity index (χ4v) is 2.82. The third-order valence-corrected chi connectivity index (χ3v) is 3.90. The van der Waals surface area contributed by atoms with E-state index in [1.807, 2.05) is 0 Å². The zero-order chi connectivity index (χ0) is 11.6. The van der Waals surface area contributed by atoms with Crippen LogP contribution in [0.1, 0.15) is 49.3 Å². The lowest BCUT2D eigenvalue weighted by atomic mass is 9.77. The minimum Gasteiger partial charge on any atom is -0.197 e. The summed E-state index contributed by atoms with van der Waals surface area (Å²) in [5.74, 6) is 0. The molecule has 0 amide bonds. The van der Waals surface area contributed by atoms with E-state index >= 15 is 0 Å². The minimum atomic E-state index is -0.185. The summed E-state index contributed by atoms with van der Waals surface area (Å²) < 4.78 is 0. The average Bonchev–Trinajstić information content (AvgIpc) is 2.79. The molecule has 0 heterocycles. The number of benzene rings is 1. The summed E-state index contributed by atoms with van der Waals surface area (Å²) in [6.07, 6.45) is 5.52. The smallest absolute Gasteiger partial charge is 0.0825 e. The van der Waals surface area contributed by atoms with Crippen molar-refractivity contribution in [2.24, 2.45) is 0 Å². The minimum absolute atomic E-state index is 0.185. The highest BCUT2D eigenvalue weighted by Gasteiger charge is 2.36. The molecule has 0 spiro atoms. The first kappa shape index (κ1) is 11.2. The van der Waals surface area contributed by atoms with Gasteiger partial charge in [0.25, 0.3) is 0 Å². The fraction of sp³-hybridized carbons (Fsp3) is 0.533. The Morgan fingerprint density at radius 1 is 1.31 bits per heavy atom. The Hall–Kier alpha value is -1.29. The summed E-state index contributed by atoms with van der Waals surface area (Å²) in [6.45, 7) is 4.30. The Kier molecular flexibility index (Phi) is 3.01. The topological polar surface area (TPSA) is 23.8 Å². The van der Waals surface area contributed by atoms with Crippen molar-refractivity contribution in [3.05, 3.63) is 34.9 Å². The van der Waals surface area contributed by atoms with E-state index in [1.54, 1.807) is 0 Å². The van der Waals surface area contributed by atoms with E-state index in [-0.39, 0.29) is 5.41 Å². The van der Waals surface area contributed by atoms with Gasteiger partial charge in [-0.3, -0.25) is 0 Å². The quantitative estimate of drug-likeness (QED) is 0.731. The highest BCUT2D eigenvalue weighted by molar-refractivity contribution is 5.42. The molecule has 0 radical (unpaired) electrons. The van der Waals surface area contributed by atoms with Crippen LogP contribution >= 0.6 is 0 Å². The van der Waals surface area contributed by atoms with Gasteiger partial charge >= 0.3 is 0 Å². The number of nitriles is 1. The van der Waals surface area contributed by atoms with E-state index in [0.717, 1.165) is 19.3 Å². The lowest BCUT2D eigenvalue weighted by molar-refractivity contribution is 0.568. The van der Waals surface area contributed by atoms with Gasteiger partial charge < -0.3 is 0 Å². The van der Waals surface area contributed by atoms with E-state index in [0.29, 0.717) is 0 Å². The molecule has 2 rings (SSSR count). The maximum absolute atomic E-state index is 9.51. The Morgan fingerprint density at radius 2 is 2.00 bits per heavy atom. The van der Waals surface area contributed by atoms with Crippen molar-refractivity contribution < 1.29 is 0 Å². The molecule has 1 nitrogen and oxygen atoms in total. The Bertz CT molecular complexity index is 420. The molecule has 0 saturated heterocycles. The molecule has 1 fully saturated rings. The van der Waals surface area contributed by atoms with Crippen molar-refractivity contribution in [2.45, 2.75) is 51.4 Å². The molecule has 1 aliphatic rings. The highest BCUT2D eigenvalue weighted by Crippen LogP contribution is 2.42. The molecule has 1 aromatic carbocycles. The van der Waals surface area contributed by atoms with Crippen LogP contribution in [0.2, 0.25) is 0 Å². The first-order valence-electron chi connectivity index (χ1n) is 6.23. The third kappa shape index (κ3) is 1.73. The maximum Gasteiger partial charge on any atom is 0.0825 e. The van der Waals surface area contributed by atoms with Gasteiger partial charge in [0.1, 0.15) is 0 Å². The van der Waals surface area contributed by atoms with Gasteiger partial charge in [0, 0.05) is 0 Å². The summed E-state index contributed by atoms with van der Waals surface area (Å²) in [6, 6.07) is 9.19. The number of hydrogen-bond donors (Lipinski definition) is 0. The zero-order valence-electron chi connectivity index (χ0n) is 10.2. The standard InChI is InChI=1S/C15H19N/c1-3-13-7-6-12(2)14(10-13)15(11-16)8-4-5-9-15/h6-7,10H,3-5,8-9H2,1-2H3. The van der Waals surface area contributed by atoms with E-state index in [2.05, 4.69) is 38.1 Å². The molecule has 1 aliphatic carbocycles. The fourth-order valence-electron chi connectivity index (χ4n) is 2.82. The second-order valence-corrected chi connectivity index (χ2v) is 4.90. The van der Waals surface area contributed by atoms with Crippen molar-refractivity contribution in [1.29, 1.82) is 5.26 Å². The van der Waals surface area contributed by atoms with Gasteiger partial charge in [0.2, 0.25) is 0 Å². The Labute approximate surface area is 98.1 Å². The van der Waals surface area contributed by atoms with E-state index < -0.39 is 0 Å². The first-order chi connectivity index (χ1) is 7.72. The van der Waals surface area contributed by atoms with Crippen LogP contribution < -0.4 is 0 Å². The highest BCUT2D eigenvalue weighted by atomic mass is 14.4. The van der Waals surface area contributed by atoms with Gasteiger partial charge in [0.05, 0.1) is 11.5 Å². The van der Waals surface area contributed by atoms with Crippen LogP contribution in [0.15, 0.2) is 18.2 Å². The monoisotopic (exact) mass is 213 g/mol. The Morgan fingerprint density at radius 3 is 2.56 bits per heavy atom. The molecule has 0 aromatic heterocycles. The van der Waals surface area contributed by atoms with Crippen LogP contribution in [0.3, 0.4) is 0 Å². The molecule has 0 aliphatic heterocycles. The summed E-state index contributed by atoms with van der Waals surface area (Å²) >= 11 is 0. The van der Waals surface area contributed by atoms with E-state index in [4.69, 9.17) is 0 Å². The van der Waals surface area contributed by atoms with Crippen LogP contribution in [0.5, 0.6) is 0 Å². The van der Waals surface area contributed by atoms with Crippen molar-refractivity contribution >= 4 is 0 Å². The second-order valence-electron chi connectivity index (χ2n) is 4.90. The predicted molar refractivity (Wildman–Crippen MR) is 66.3 cm³/mol. The first-order valence-corrected chi connectivity index (χ1v) is 6.23. The SMILES string of the molecule is CCc1ccc(C)c(C2(C#N)CCCC2)c1. The van der Waals surface area contributed by atoms with E-state index in [1.165, 1.54) is 29.5 Å². The Balaban J connectivity index is 2.49. The van der Waals surface area contributed by atoms with Crippen LogP contribution in [0.25, 0.3) is 0 Å². The lowest BCUT2D eigenvalue weighted by Crippen LogP contribution is -2.20. The summed E-state index contributed by atoms with van der Waals surface area (Å²) in [7, 11) is 0. The maximum atomic E-state index is 9.51.